The molecule has 0 radical (unpaired) electrons. The number of benzene rings is 2. The van der Waals surface area contributed by atoms with Crippen molar-refractivity contribution in [1.82, 2.24) is 15.2 Å². The fourth-order valence-corrected chi connectivity index (χ4v) is 4.46. The number of rotatable bonds is 12. The second kappa shape index (κ2) is 19.7. The van der Waals surface area contributed by atoms with Gasteiger partial charge in [-0.2, -0.15) is 5.10 Å². The van der Waals surface area contributed by atoms with Gasteiger partial charge in [0.15, 0.2) is 6.29 Å². The van der Waals surface area contributed by atoms with E-state index in [-0.39, 0.29) is 24.8 Å². The minimum absolute atomic E-state index is 0.0457. The number of aliphatic imine (C=N–C) groups is 1. The molecule has 3 rings (SSSR count). The quantitative estimate of drug-likeness (QED) is 0.182. The van der Waals surface area contributed by atoms with Crippen LogP contribution in [-0.4, -0.2) is 80.9 Å². The predicted octanol–water partition coefficient (Wildman–Crippen LogP) is 5.66. The van der Waals surface area contributed by atoms with Crippen molar-refractivity contribution in [2.75, 3.05) is 40.8 Å². The molecule has 2 amide bonds. The number of hydrogen-bond donors (Lipinski definition) is 2. The number of hydrogen-bond acceptors (Lipinski definition) is 8. The molecule has 2 aromatic rings. The molecule has 1 aliphatic heterocycles. The van der Waals surface area contributed by atoms with Gasteiger partial charge in [0.1, 0.15) is 18.1 Å². The Morgan fingerprint density at radius 3 is 2.27 bits per heavy atom. The summed E-state index contributed by atoms with van der Waals surface area (Å²) in [5.41, 5.74) is 10.8. The molecule has 0 saturated carbocycles. The van der Waals surface area contributed by atoms with E-state index in [0.717, 1.165) is 30.3 Å². The van der Waals surface area contributed by atoms with Gasteiger partial charge in [-0.3, -0.25) is 19.4 Å². The van der Waals surface area contributed by atoms with Gasteiger partial charge in [0.25, 0.3) is 0 Å². The third-order valence-electron chi connectivity index (χ3n) is 6.44. The molecular weight excluding hydrogens is 556 g/mol. The highest BCUT2D eigenvalue weighted by molar-refractivity contribution is 6.06. The van der Waals surface area contributed by atoms with Crippen LogP contribution in [0.5, 0.6) is 5.75 Å². The van der Waals surface area contributed by atoms with E-state index < -0.39 is 0 Å². The summed E-state index contributed by atoms with van der Waals surface area (Å²) in [5, 5.41) is 8.33. The number of methoxy groups -OCH3 is 1. The lowest BCUT2D eigenvalue weighted by Crippen LogP contribution is -2.34. The summed E-state index contributed by atoms with van der Waals surface area (Å²) in [6.45, 7) is 13.5. The van der Waals surface area contributed by atoms with E-state index in [0.29, 0.717) is 52.6 Å². The highest BCUT2D eigenvalue weighted by Crippen LogP contribution is 2.39. The first-order chi connectivity index (χ1) is 21.2. The smallest absolute Gasteiger partial charge is 0.250 e. The molecule has 1 aliphatic rings. The van der Waals surface area contributed by atoms with E-state index >= 15 is 0 Å². The second-order valence-corrected chi connectivity index (χ2v) is 9.55. The van der Waals surface area contributed by atoms with Crippen molar-refractivity contribution in [1.29, 1.82) is 0 Å². The number of nitrogens with zero attached hydrogens (tertiary/aromatic N) is 4. The molecule has 0 aromatic heterocycles. The number of ether oxygens (including phenoxy) is 1. The van der Waals surface area contributed by atoms with Gasteiger partial charge >= 0.3 is 0 Å². The normalized spacial score (nSPS) is 11.8. The van der Waals surface area contributed by atoms with Gasteiger partial charge < -0.3 is 20.7 Å². The average Bonchev–Trinajstić information content (AvgIpc) is 3.22. The molecule has 240 valence electrons. The molecule has 0 saturated heterocycles. The summed E-state index contributed by atoms with van der Waals surface area (Å²) >= 11 is 0. The Morgan fingerprint density at radius 1 is 1.05 bits per heavy atom. The first-order valence-electron chi connectivity index (χ1n) is 15.3. The number of likely N-dealkylation sites (N-methyl/N-ethyl adjacent to an activating group) is 2. The number of nitrogens with one attached hydrogen (secondary N) is 1. The van der Waals surface area contributed by atoms with Crippen LogP contribution in [0.2, 0.25) is 0 Å². The summed E-state index contributed by atoms with van der Waals surface area (Å²) in [5.74, 6) is 0.668. The van der Waals surface area contributed by atoms with Crippen LogP contribution in [0.15, 0.2) is 46.0 Å². The number of amidine groups is 1. The number of fused-ring (bicyclic) bond motifs is 1. The van der Waals surface area contributed by atoms with E-state index in [9.17, 15) is 14.4 Å². The van der Waals surface area contributed by atoms with E-state index in [1.54, 1.807) is 33.5 Å². The molecule has 0 fully saturated rings. The first-order valence-corrected chi connectivity index (χ1v) is 15.3. The van der Waals surface area contributed by atoms with E-state index in [1.807, 2.05) is 62.9 Å². The molecule has 1 heterocycles. The van der Waals surface area contributed by atoms with Crippen LogP contribution in [0.4, 0.5) is 5.69 Å². The highest BCUT2D eigenvalue weighted by atomic mass is 16.5. The van der Waals surface area contributed by atoms with Gasteiger partial charge in [-0.05, 0) is 48.2 Å². The zero-order valence-corrected chi connectivity index (χ0v) is 27.9. The minimum atomic E-state index is -0.178. The van der Waals surface area contributed by atoms with E-state index in [1.165, 1.54) is 5.01 Å². The van der Waals surface area contributed by atoms with Crippen molar-refractivity contribution in [3.63, 3.8) is 0 Å². The van der Waals surface area contributed by atoms with Gasteiger partial charge in [0, 0.05) is 55.9 Å². The summed E-state index contributed by atoms with van der Waals surface area (Å²) in [6.07, 6.45) is 6.12. The molecule has 0 unspecified atom stereocenters. The van der Waals surface area contributed by atoms with Crippen molar-refractivity contribution in [3.8, 4) is 16.9 Å². The standard InChI is InChI=1S/C30H38N6O4.2C2H6/c1-6-10-36(11-7-2)30(39)23-13-25-26(34-28(31)16-23)14-22(15-27(25)40-5)20-8-9-21(19-37)24(12-20)17-33-35(4)18-29(38)32-3;2*1-2/h8-9,12-15,17,19H,6-7,10-11,16,18H2,1-5H3,(H2,31,34)(H,32,38);2*1-2H3/b33-17-;;. The van der Waals surface area contributed by atoms with Crippen molar-refractivity contribution in [2.24, 2.45) is 15.8 Å². The number of carbonyl (C=O) groups excluding carboxylic acids is 3. The van der Waals surface area contributed by atoms with E-state index in [2.05, 4.69) is 29.3 Å². The number of nitrogens with two attached hydrogens (primary N) is 1. The Kier molecular flexibility index (Phi) is 16.8. The van der Waals surface area contributed by atoms with E-state index in [4.69, 9.17) is 10.5 Å². The fraction of sp³-hybridized carbons (Fsp3) is 0.441. The monoisotopic (exact) mass is 606 g/mol. The van der Waals surface area contributed by atoms with Crippen LogP contribution in [0, 0.1) is 0 Å². The maximum absolute atomic E-state index is 13.4. The molecule has 0 aliphatic carbocycles. The molecule has 10 heteroatoms. The van der Waals surface area contributed by atoms with Gasteiger partial charge in [0.05, 0.1) is 19.0 Å². The van der Waals surface area contributed by atoms with Gasteiger partial charge in [0.2, 0.25) is 11.8 Å². The third kappa shape index (κ3) is 10.4. The van der Waals surface area contributed by atoms with Crippen LogP contribution in [0.1, 0.15) is 82.3 Å². The molecule has 0 atom stereocenters. The van der Waals surface area contributed by atoms with Crippen LogP contribution in [0.3, 0.4) is 0 Å². The number of hydrazone groups is 1. The Balaban J connectivity index is 0.00000232. The number of amides is 2. The lowest BCUT2D eigenvalue weighted by atomic mass is 9.97. The largest absolute Gasteiger partial charge is 0.496 e. The molecule has 2 aromatic carbocycles. The molecule has 10 nitrogen and oxygen atoms in total. The van der Waals surface area contributed by atoms with Crippen molar-refractivity contribution >= 4 is 41.9 Å². The SMILES string of the molecule is CC.CC.CCCN(CCC)C(=O)C1=Cc2c(cc(-c3ccc(C=O)c(/C=N\N(C)CC(=O)NC)c3)cc2OC)N=C(N)C1. The summed E-state index contributed by atoms with van der Waals surface area (Å²) < 4.78 is 5.74. The molecule has 3 N–H and O–H groups in total. The van der Waals surface area contributed by atoms with Crippen LogP contribution in [-0.2, 0) is 9.59 Å². The molecule has 0 bridgehead atoms. The number of aldehydes is 1. The van der Waals surface area contributed by atoms with Gasteiger partial charge in [-0.25, -0.2) is 4.99 Å². The summed E-state index contributed by atoms with van der Waals surface area (Å²) in [7, 11) is 4.80. The van der Waals surface area contributed by atoms with Crippen molar-refractivity contribution < 1.29 is 19.1 Å². The molecule has 44 heavy (non-hydrogen) atoms. The topological polar surface area (TPSA) is 130 Å². The van der Waals surface area contributed by atoms with Crippen LogP contribution >= 0.6 is 0 Å². The van der Waals surface area contributed by atoms with Crippen LogP contribution < -0.4 is 15.8 Å². The van der Waals surface area contributed by atoms with Crippen molar-refractivity contribution in [3.05, 3.63) is 52.6 Å². The van der Waals surface area contributed by atoms with Gasteiger partial charge in [-0.15, -0.1) is 0 Å². The van der Waals surface area contributed by atoms with Gasteiger partial charge in [-0.1, -0.05) is 53.7 Å². The zero-order chi connectivity index (χ0) is 33.2. The maximum atomic E-state index is 13.4. The minimum Gasteiger partial charge on any atom is -0.496 e. The first kappa shape index (κ1) is 37.6. The predicted molar refractivity (Wildman–Crippen MR) is 182 cm³/mol. The second-order valence-electron chi connectivity index (χ2n) is 9.55. The Hall–Kier alpha value is -4.47. The van der Waals surface area contributed by atoms with Crippen LogP contribution in [0.25, 0.3) is 17.2 Å². The highest BCUT2D eigenvalue weighted by Gasteiger charge is 2.23. The zero-order valence-electron chi connectivity index (χ0n) is 27.9. The number of carbonyl (C=O) groups is 3. The maximum Gasteiger partial charge on any atom is 0.250 e. The lowest BCUT2D eigenvalue weighted by Gasteiger charge is -2.22. The summed E-state index contributed by atoms with van der Waals surface area (Å²) in [4.78, 5) is 43.2. The molecular formula is C34H50N6O4. The summed E-state index contributed by atoms with van der Waals surface area (Å²) in [6, 6.07) is 9.14. The van der Waals surface area contributed by atoms with Crippen molar-refractivity contribution in [2.45, 2.75) is 60.8 Å². The Morgan fingerprint density at radius 2 is 1.70 bits per heavy atom. The Labute approximate surface area is 263 Å². The lowest BCUT2D eigenvalue weighted by molar-refractivity contribution is -0.127. The fourth-order valence-electron chi connectivity index (χ4n) is 4.46. The molecule has 0 spiro atoms. The average molecular weight is 607 g/mol. The Bertz CT molecular complexity index is 1340. The third-order valence-corrected chi connectivity index (χ3v) is 6.44.